The molecule has 1 aromatic heterocycles. The molecule has 0 fully saturated rings. The van der Waals surface area contributed by atoms with Gasteiger partial charge in [-0.05, 0) is 66.6 Å². The van der Waals surface area contributed by atoms with E-state index in [4.69, 9.17) is 18.6 Å². The molecular formula is C32H21BrO6. The number of fused-ring (bicyclic) bond motifs is 2. The number of allylic oxidation sites excluding steroid dienone is 1. The SMILES string of the molecule is Cc1oc2ccc(OCc3ccccc3)cc2c1C(=O)Oc1ccc2c(c1)OC(=Cc1cccc(Br)c1)C2=O. The van der Waals surface area contributed by atoms with E-state index < -0.39 is 5.97 Å². The number of halogens is 1. The topological polar surface area (TPSA) is 75.0 Å². The van der Waals surface area contributed by atoms with Gasteiger partial charge in [0.25, 0.3) is 0 Å². The average Bonchev–Trinajstić information content (AvgIpc) is 3.42. The molecule has 0 saturated carbocycles. The molecule has 1 aliphatic rings. The second-order valence-corrected chi connectivity index (χ2v) is 9.92. The van der Waals surface area contributed by atoms with Gasteiger partial charge in [0.15, 0.2) is 5.76 Å². The van der Waals surface area contributed by atoms with Crippen molar-refractivity contribution in [2.75, 3.05) is 0 Å². The zero-order chi connectivity index (χ0) is 26.9. The lowest BCUT2D eigenvalue weighted by atomic mass is 10.1. The third-order valence-electron chi connectivity index (χ3n) is 6.29. The van der Waals surface area contributed by atoms with Crippen molar-refractivity contribution in [1.29, 1.82) is 0 Å². The van der Waals surface area contributed by atoms with Crippen LogP contribution < -0.4 is 14.2 Å². The van der Waals surface area contributed by atoms with E-state index in [1.54, 1.807) is 49.4 Å². The lowest BCUT2D eigenvalue weighted by molar-refractivity contribution is 0.0734. The normalized spacial score (nSPS) is 13.4. The molecule has 0 atom stereocenters. The Bertz CT molecular complexity index is 1770. The van der Waals surface area contributed by atoms with E-state index >= 15 is 0 Å². The van der Waals surface area contributed by atoms with Crippen LogP contribution in [-0.4, -0.2) is 11.8 Å². The van der Waals surface area contributed by atoms with Gasteiger partial charge in [0, 0.05) is 15.9 Å². The summed E-state index contributed by atoms with van der Waals surface area (Å²) < 4.78 is 24.1. The van der Waals surface area contributed by atoms with Gasteiger partial charge in [-0.25, -0.2) is 4.79 Å². The van der Waals surface area contributed by atoms with Crippen LogP contribution in [0, 0.1) is 6.92 Å². The highest BCUT2D eigenvalue weighted by Crippen LogP contribution is 2.36. The molecule has 0 saturated heterocycles. The number of hydrogen-bond donors (Lipinski definition) is 0. The van der Waals surface area contributed by atoms with Gasteiger partial charge in [-0.3, -0.25) is 4.79 Å². The lowest BCUT2D eigenvalue weighted by Crippen LogP contribution is -2.09. The number of benzene rings is 4. The molecule has 2 heterocycles. The lowest BCUT2D eigenvalue weighted by Gasteiger charge is -2.07. The number of ether oxygens (including phenoxy) is 3. The van der Waals surface area contributed by atoms with Crippen molar-refractivity contribution in [3.63, 3.8) is 0 Å². The second kappa shape index (κ2) is 10.3. The van der Waals surface area contributed by atoms with E-state index in [1.807, 2.05) is 54.6 Å². The number of esters is 1. The van der Waals surface area contributed by atoms with E-state index in [2.05, 4.69) is 15.9 Å². The molecule has 0 radical (unpaired) electrons. The van der Waals surface area contributed by atoms with Crippen molar-refractivity contribution in [2.24, 2.45) is 0 Å². The van der Waals surface area contributed by atoms with Crippen LogP contribution >= 0.6 is 15.9 Å². The molecule has 7 heteroatoms. The highest BCUT2D eigenvalue weighted by molar-refractivity contribution is 9.10. The molecule has 4 aromatic carbocycles. The fourth-order valence-corrected chi connectivity index (χ4v) is 4.84. The quantitative estimate of drug-likeness (QED) is 0.115. The van der Waals surface area contributed by atoms with Crippen LogP contribution in [-0.2, 0) is 6.61 Å². The number of ketones is 1. The third kappa shape index (κ3) is 5.09. The van der Waals surface area contributed by atoms with Gasteiger partial charge in [0.2, 0.25) is 5.78 Å². The minimum absolute atomic E-state index is 0.200. The van der Waals surface area contributed by atoms with Crippen LogP contribution in [0.4, 0.5) is 0 Å². The summed E-state index contributed by atoms with van der Waals surface area (Å²) in [6.07, 6.45) is 1.68. The van der Waals surface area contributed by atoms with Crippen LogP contribution in [0.25, 0.3) is 17.0 Å². The van der Waals surface area contributed by atoms with Crippen molar-refractivity contribution in [2.45, 2.75) is 13.5 Å². The molecule has 6 nitrogen and oxygen atoms in total. The zero-order valence-corrected chi connectivity index (χ0v) is 22.4. The monoisotopic (exact) mass is 580 g/mol. The highest BCUT2D eigenvalue weighted by Gasteiger charge is 2.29. The molecule has 0 aliphatic carbocycles. The first-order chi connectivity index (χ1) is 18.9. The van der Waals surface area contributed by atoms with Gasteiger partial charge in [-0.1, -0.05) is 58.4 Å². The highest BCUT2D eigenvalue weighted by atomic mass is 79.9. The van der Waals surface area contributed by atoms with Crippen LogP contribution in [0.3, 0.4) is 0 Å². The molecule has 1 aliphatic heterocycles. The van der Waals surface area contributed by atoms with Gasteiger partial charge >= 0.3 is 5.97 Å². The Kier molecular flexibility index (Phi) is 6.50. The Labute approximate surface area is 232 Å². The van der Waals surface area contributed by atoms with Gasteiger partial charge in [-0.15, -0.1) is 0 Å². The molecular weight excluding hydrogens is 560 g/mol. The molecule has 192 valence electrons. The summed E-state index contributed by atoms with van der Waals surface area (Å²) in [5.74, 6) is 1.00. The van der Waals surface area contributed by atoms with Crippen molar-refractivity contribution in [3.05, 3.63) is 129 Å². The van der Waals surface area contributed by atoms with Crippen LogP contribution in [0.5, 0.6) is 17.2 Å². The standard InChI is InChI=1S/C32H21BrO6/c1-19-30(26-16-23(11-13-27(26)37-19)36-18-20-6-3-2-4-7-20)32(35)38-24-10-12-25-28(17-24)39-29(31(25)34)15-21-8-5-9-22(33)14-21/h2-17H,18H2,1H3. The molecule has 0 N–H and O–H groups in total. The Morgan fingerprint density at radius 2 is 1.74 bits per heavy atom. The first-order valence-electron chi connectivity index (χ1n) is 12.2. The first kappa shape index (κ1) is 24.7. The maximum absolute atomic E-state index is 13.3. The van der Waals surface area contributed by atoms with E-state index in [0.29, 0.717) is 46.0 Å². The summed E-state index contributed by atoms with van der Waals surface area (Å²) in [7, 11) is 0. The molecule has 6 rings (SSSR count). The van der Waals surface area contributed by atoms with E-state index in [1.165, 1.54) is 0 Å². The first-order valence-corrected chi connectivity index (χ1v) is 13.0. The Hall–Kier alpha value is -4.62. The van der Waals surface area contributed by atoms with Crippen molar-refractivity contribution in [1.82, 2.24) is 0 Å². The molecule has 0 spiro atoms. The van der Waals surface area contributed by atoms with Crippen molar-refractivity contribution < 1.29 is 28.2 Å². The summed E-state index contributed by atoms with van der Waals surface area (Å²) in [5, 5.41) is 0.592. The number of rotatable bonds is 6. The summed E-state index contributed by atoms with van der Waals surface area (Å²) in [5.41, 5.74) is 3.12. The fraction of sp³-hybridized carbons (Fsp3) is 0.0625. The van der Waals surface area contributed by atoms with Gasteiger partial charge in [0.05, 0.1) is 5.56 Å². The van der Waals surface area contributed by atoms with Crippen molar-refractivity contribution in [3.8, 4) is 17.2 Å². The molecule has 0 unspecified atom stereocenters. The van der Waals surface area contributed by atoms with Crippen LogP contribution in [0.1, 0.15) is 37.6 Å². The Balaban J connectivity index is 1.22. The zero-order valence-electron chi connectivity index (χ0n) is 20.8. The van der Waals surface area contributed by atoms with E-state index in [-0.39, 0.29) is 17.3 Å². The number of carbonyl (C=O) groups is 2. The summed E-state index contributed by atoms with van der Waals surface area (Å²) in [4.78, 5) is 26.1. The summed E-state index contributed by atoms with van der Waals surface area (Å²) in [6.45, 7) is 2.11. The maximum atomic E-state index is 13.3. The maximum Gasteiger partial charge on any atom is 0.347 e. The average molecular weight is 581 g/mol. The predicted octanol–water partition coefficient (Wildman–Crippen LogP) is 7.92. The minimum Gasteiger partial charge on any atom is -0.489 e. The Morgan fingerprint density at radius 3 is 2.56 bits per heavy atom. The van der Waals surface area contributed by atoms with E-state index in [0.717, 1.165) is 15.6 Å². The van der Waals surface area contributed by atoms with Crippen LogP contribution in [0.15, 0.2) is 106 Å². The molecule has 5 aromatic rings. The number of furan rings is 1. The summed E-state index contributed by atoms with van der Waals surface area (Å²) >= 11 is 3.43. The second-order valence-electron chi connectivity index (χ2n) is 9.01. The van der Waals surface area contributed by atoms with Gasteiger partial charge in [0.1, 0.15) is 40.8 Å². The third-order valence-corrected chi connectivity index (χ3v) is 6.78. The minimum atomic E-state index is -0.583. The number of carbonyl (C=O) groups excluding carboxylic acids is 2. The largest absolute Gasteiger partial charge is 0.489 e. The smallest absolute Gasteiger partial charge is 0.347 e. The molecule has 0 bridgehead atoms. The molecule has 39 heavy (non-hydrogen) atoms. The molecule has 0 amide bonds. The number of hydrogen-bond acceptors (Lipinski definition) is 6. The fourth-order valence-electron chi connectivity index (χ4n) is 4.42. The summed E-state index contributed by atoms with van der Waals surface area (Å²) in [6, 6.07) is 27.4. The Morgan fingerprint density at radius 1 is 0.923 bits per heavy atom. The number of aryl methyl sites for hydroxylation is 1. The van der Waals surface area contributed by atoms with Crippen LogP contribution in [0.2, 0.25) is 0 Å². The van der Waals surface area contributed by atoms with Crippen molar-refractivity contribution >= 4 is 44.7 Å². The number of Topliss-reactive ketones (excluding diaryl/α,β-unsaturated/α-hetero) is 1. The predicted molar refractivity (Wildman–Crippen MR) is 150 cm³/mol. The van der Waals surface area contributed by atoms with E-state index in [9.17, 15) is 9.59 Å². The van der Waals surface area contributed by atoms with Gasteiger partial charge in [-0.2, -0.15) is 0 Å². The van der Waals surface area contributed by atoms with Gasteiger partial charge < -0.3 is 18.6 Å².